The van der Waals surface area contributed by atoms with Crippen LogP contribution in [0.1, 0.15) is 17.2 Å². The molecule has 1 amide bonds. The molecule has 2 rings (SSSR count). The summed E-state index contributed by atoms with van der Waals surface area (Å²) in [6.07, 6.45) is 0. The predicted molar refractivity (Wildman–Crippen MR) is 65.5 cm³/mol. The van der Waals surface area contributed by atoms with Crippen LogP contribution in [0.25, 0.3) is 0 Å². The number of aryl methyl sites for hydroxylation is 2. The SMILES string of the molecule is Cc1ccc(C(N)C(=O)Nc2nnn(C)n2)cc1. The Labute approximate surface area is 104 Å². The van der Waals surface area contributed by atoms with E-state index >= 15 is 0 Å². The maximum absolute atomic E-state index is 11.9. The Morgan fingerprint density at radius 3 is 2.61 bits per heavy atom. The van der Waals surface area contributed by atoms with Crippen LogP contribution >= 0.6 is 0 Å². The molecular formula is C11H14N6O. The van der Waals surface area contributed by atoms with E-state index in [2.05, 4.69) is 20.7 Å². The molecule has 18 heavy (non-hydrogen) atoms. The number of anilines is 1. The Kier molecular flexibility index (Phi) is 3.33. The van der Waals surface area contributed by atoms with Crippen LogP contribution in [0.3, 0.4) is 0 Å². The van der Waals surface area contributed by atoms with Gasteiger partial charge >= 0.3 is 0 Å². The maximum atomic E-state index is 11.9. The standard InChI is InChI=1S/C11H14N6O/c1-7-3-5-8(6-4-7)9(12)10(18)13-11-14-16-17(2)15-11/h3-6,9H,12H2,1-2H3,(H,13,15,18). The zero-order valence-corrected chi connectivity index (χ0v) is 10.2. The zero-order chi connectivity index (χ0) is 13.1. The van der Waals surface area contributed by atoms with E-state index in [9.17, 15) is 4.79 Å². The number of benzene rings is 1. The Bertz CT molecular complexity index is 547. The third-order valence-corrected chi connectivity index (χ3v) is 2.46. The van der Waals surface area contributed by atoms with Gasteiger partial charge in [-0.3, -0.25) is 10.1 Å². The number of carbonyl (C=O) groups is 1. The van der Waals surface area contributed by atoms with Crippen molar-refractivity contribution in [1.29, 1.82) is 0 Å². The summed E-state index contributed by atoms with van der Waals surface area (Å²) < 4.78 is 0. The van der Waals surface area contributed by atoms with Gasteiger partial charge in [-0.25, -0.2) is 0 Å². The van der Waals surface area contributed by atoms with Crippen molar-refractivity contribution in [3.05, 3.63) is 35.4 Å². The Hall–Kier alpha value is -2.28. The fraction of sp³-hybridized carbons (Fsp3) is 0.273. The fourth-order valence-corrected chi connectivity index (χ4v) is 1.45. The van der Waals surface area contributed by atoms with Crippen molar-refractivity contribution >= 4 is 11.9 Å². The molecule has 0 radical (unpaired) electrons. The fourth-order valence-electron chi connectivity index (χ4n) is 1.45. The summed E-state index contributed by atoms with van der Waals surface area (Å²) in [5.41, 5.74) is 7.70. The van der Waals surface area contributed by atoms with Crippen LogP contribution < -0.4 is 11.1 Å². The minimum absolute atomic E-state index is 0.144. The van der Waals surface area contributed by atoms with Gasteiger partial charge in [0.25, 0.3) is 5.95 Å². The third-order valence-electron chi connectivity index (χ3n) is 2.46. The van der Waals surface area contributed by atoms with Gasteiger partial charge in [0.2, 0.25) is 5.91 Å². The average Bonchev–Trinajstić information content (AvgIpc) is 2.75. The first-order chi connectivity index (χ1) is 8.56. The van der Waals surface area contributed by atoms with E-state index in [1.165, 1.54) is 4.80 Å². The highest BCUT2D eigenvalue weighted by Crippen LogP contribution is 2.12. The van der Waals surface area contributed by atoms with Crippen LogP contribution in [0.15, 0.2) is 24.3 Å². The highest BCUT2D eigenvalue weighted by atomic mass is 16.2. The van der Waals surface area contributed by atoms with Gasteiger partial charge in [-0.1, -0.05) is 34.9 Å². The molecule has 1 atom stereocenters. The van der Waals surface area contributed by atoms with Crippen molar-refractivity contribution in [1.82, 2.24) is 20.2 Å². The van der Waals surface area contributed by atoms with Gasteiger partial charge in [0.1, 0.15) is 6.04 Å². The molecule has 3 N–H and O–H groups in total. The molecule has 0 saturated heterocycles. The van der Waals surface area contributed by atoms with Crippen LogP contribution in [0.2, 0.25) is 0 Å². The first-order valence-electron chi connectivity index (χ1n) is 5.43. The molecule has 1 unspecified atom stereocenters. The van der Waals surface area contributed by atoms with Gasteiger partial charge in [-0.15, -0.1) is 5.10 Å². The summed E-state index contributed by atoms with van der Waals surface area (Å²) >= 11 is 0. The van der Waals surface area contributed by atoms with Crippen molar-refractivity contribution in [3.63, 3.8) is 0 Å². The number of nitrogens with one attached hydrogen (secondary N) is 1. The number of hydrogen-bond acceptors (Lipinski definition) is 5. The van der Waals surface area contributed by atoms with Crippen molar-refractivity contribution in [2.45, 2.75) is 13.0 Å². The van der Waals surface area contributed by atoms with Gasteiger partial charge in [0.15, 0.2) is 0 Å². The van der Waals surface area contributed by atoms with Gasteiger partial charge in [0, 0.05) is 0 Å². The summed E-state index contributed by atoms with van der Waals surface area (Å²) in [4.78, 5) is 13.1. The lowest BCUT2D eigenvalue weighted by Crippen LogP contribution is -2.28. The van der Waals surface area contributed by atoms with Crippen LogP contribution in [-0.4, -0.2) is 26.1 Å². The molecule has 0 saturated carbocycles. The second-order valence-corrected chi connectivity index (χ2v) is 3.98. The van der Waals surface area contributed by atoms with Crippen molar-refractivity contribution < 1.29 is 4.79 Å². The molecule has 0 aliphatic heterocycles. The van der Waals surface area contributed by atoms with E-state index < -0.39 is 6.04 Å². The van der Waals surface area contributed by atoms with Crippen molar-refractivity contribution in [3.8, 4) is 0 Å². The first kappa shape index (κ1) is 12.2. The molecule has 0 fully saturated rings. The zero-order valence-electron chi connectivity index (χ0n) is 10.2. The van der Waals surface area contributed by atoms with E-state index in [1.807, 2.05) is 31.2 Å². The summed E-state index contributed by atoms with van der Waals surface area (Å²) in [7, 11) is 1.61. The van der Waals surface area contributed by atoms with Crippen molar-refractivity contribution in [2.75, 3.05) is 5.32 Å². The molecule has 1 aromatic carbocycles. The largest absolute Gasteiger partial charge is 0.316 e. The molecule has 1 heterocycles. The molecule has 0 aliphatic carbocycles. The molecule has 0 spiro atoms. The number of tetrazole rings is 1. The topological polar surface area (TPSA) is 98.7 Å². The Morgan fingerprint density at radius 2 is 2.06 bits per heavy atom. The smallest absolute Gasteiger partial charge is 0.270 e. The molecule has 94 valence electrons. The third kappa shape index (κ3) is 2.69. The van der Waals surface area contributed by atoms with Crippen LogP contribution in [0.4, 0.5) is 5.95 Å². The minimum atomic E-state index is -0.755. The Balaban J connectivity index is 2.07. The quantitative estimate of drug-likeness (QED) is 0.803. The Morgan fingerprint density at radius 1 is 1.39 bits per heavy atom. The lowest BCUT2D eigenvalue weighted by Gasteiger charge is -2.10. The van der Waals surface area contributed by atoms with E-state index in [1.54, 1.807) is 7.05 Å². The maximum Gasteiger partial charge on any atom is 0.270 e. The number of carbonyl (C=O) groups excluding carboxylic acids is 1. The summed E-state index contributed by atoms with van der Waals surface area (Å²) in [6, 6.07) is 6.70. The van der Waals surface area contributed by atoms with Gasteiger partial charge in [-0.2, -0.15) is 4.80 Å². The first-order valence-corrected chi connectivity index (χ1v) is 5.43. The number of nitrogens with two attached hydrogens (primary N) is 1. The summed E-state index contributed by atoms with van der Waals surface area (Å²) in [5, 5.41) is 13.6. The molecule has 1 aromatic heterocycles. The van der Waals surface area contributed by atoms with Crippen LogP contribution in [-0.2, 0) is 11.8 Å². The van der Waals surface area contributed by atoms with Gasteiger partial charge in [-0.05, 0) is 17.7 Å². The monoisotopic (exact) mass is 246 g/mol. The molecular weight excluding hydrogens is 232 g/mol. The molecule has 2 aromatic rings. The molecule has 0 aliphatic rings. The predicted octanol–water partition coefficient (Wildman–Crippen LogP) is 0.157. The minimum Gasteiger partial charge on any atom is -0.316 e. The number of hydrogen-bond donors (Lipinski definition) is 2. The van der Waals surface area contributed by atoms with Crippen LogP contribution in [0.5, 0.6) is 0 Å². The van der Waals surface area contributed by atoms with Crippen LogP contribution in [0, 0.1) is 6.92 Å². The number of amides is 1. The molecule has 7 heteroatoms. The number of rotatable bonds is 3. The normalized spacial score (nSPS) is 12.2. The van der Waals surface area contributed by atoms with Gasteiger partial charge in [0.05, 0.1) is 7.05 Å². The van der Waals surface area contributed by atoms with Crippen molar-refractivity contribution in [2.24, 2.45) is 12.8 Å². The lowest BCUT2D eigenvalue weighted by atomic mass is 10.1. The number of aromatic nitrogens is 4. The van der Waals surface area contributed by atoms with E-state index in [0.717, 1.165) is 11.1 Å². The highest BCUT2D eigenvalue weighted by Gasteiger charge is 2.17. The second-order valence-electron chi connectivity index (χ2n) is 3.98. The highest BCUT2D eigenvalue weighted by molar-refractivity contribution is 5.93. The average molecular weight is 246 g/mol. The van der Waals surface area contributed by atoms with E-state index in [4.69, 9.17) is 5.73 Å². The molecule has 0 bridgehead atoms. The van der Waals surface area contributed by atoms with Gasteiger partial charge < -0.3 is 5.73 Å². The second kappa shape index (κ2) is 4.92. The lowest BCUT2D eigenvalue weighted by molar-refractivity contribution is -0.117. The van der Waals surface area contributed by atoms with E-state index in [0.29, 0.717) is 0 Å². The summed E-state index contributed by atoms with van der Waals surface area (Å²) in [5.74, 6) is -0.225. The van der Waals surface area contributed by atoms with E-state index in [-0.39, 0.29) is 11.9 Å². The number of nitrogens with zero attached hydrogens (tertiary/aromatic N) is 4. The summed E-state index contributed by atoms with van der Waals surface area (Å²) in [6.45, 7) is 1.97. The molecule has 7 nitrogen and oxygen atoms in total.